The van der Waals surface area contributed by atoms with E-state index in [2.05, 4.69) is 15.4 Å². The van der Waals surface area contributed by atoms with Crippen LogP contribution in [0.15, 0.2) is 35.3 Å². The molecule has 0 unspecified atom stereocenters. The first-order valence-corrected chi connectivity index (χ1v) is 6.58. The molecule has 0 spiro atoms. The molecule has 0 radical (unpaired) electrons. The van der Waals surface area contributed by atoms with Gasteiger partial charge in [-0.2, -0.15) is 4.52 Å². The van der Waals surface area contributed by atoms with Gasteiger partial charge in [0.25, 0.3) is 5.91 Å². The number of anilines is 1. The second kappa shape index (κ2) is 5.44. The highest BCUT2D eigenvalue weighted by molar-refractivity contribution is 5.95. The number of carbonyl (C=O) groups excluding carboxylic acids is 1. The van der Waals surface area contributed by atoms with Gasteiger partial charge in [-0.15, -0.1) is 0 Å². The second-order valence-corrected chi connectivity index (χ2v) is 4.81. The molecular weight excluding hydrogens is 305 g/mol. The van der Waals surface area contributed by atoms with E-state index in [0.29, 0.717) is 5.56 Å². The van der Waals surface area contributed by atoms with Crippen LogP contribution >= 0.6 is 0 Å². The number of amides is 1. The van der Waals surface area contributed by atoms with Crippen LogP contribution in [0.2, 0.25) is 0 Å². The third-order valence-electron chi connectivity index (χ3n) is 3.25. The first-order valence-electron chi connectivity index (χ1n) is 6.58. The van der Waals surface area contributed by atoms with Crippen molar-refractivity contribution in [3.63, 3.8) is 0 Å². The summed E-state index contributed by atoms with van der Waals surface area (Å²) in [6.07, 6.45) is 1.32. The number of aromatic amines is 1. The summed E-state index contributed by atoms with van der Waals surface area (Å²) in [5, 5.41) is 14.9. The largest absolute Gasteiger partial charge is 0.501 e. The molecule has 118 valence electrons. The van der Waals surface area contributed by atoms with Crippen molar-refractivity contribution in [3.05, 3.63) is 57.9 Å². The van der Waals surface area contributed by atoms with Crippen molar-refractivity contribution in [1.82, 2.24) is 19.9 Å². The van der Waals surface area contributed by atoms with E-state index in [-0.39, 0.29) is 23.7 Å². The Kier molecular flexibility index (Phi) is 3.45. The number of H-pyrrole nitrogens is 1. The van der Waals surface area contributed by atoms with E-state index in [1.807, 2.05) is 0 Å². The molecule has 9 heteroatoms. The molecule has 1 amide bonds. The Morgan fingerprint density at radius 3 is 2.78 bits per heavy atom. The van der Waals surface area contributed by atoms with Crippen LogP contribution in [0.1, 0.15) is 16.1 Å². The highest BCUT2D eigenvalue weighted by atomic mass is 19.1. The molecule has 0 aliphatic rings. The summed E-state index contributed by atoms with van der Waals surface area (Å²) < 4.78 is 13.8. The van der Waals surface area contributed by atoms with Crippen molar-refractivity contribution < 1.29 is 14.3 Å². The van der Waals surface area contributed by atoms with E-state index in [9.17, 15) is 19.1 Å². The topological polar surface area (TPSA) is 126 Å². The van der Waals surface area contributed by atoms with E-state index >= 15 is 0 Å². The molecule has 0 fully saturated rings. The summed E-state index contributed by atoms with van der Waals surface area (Å²) >= 11 is 0. The first-order chi connectivity index (χ1) is 11.0. The Hall–Kier alpha value is -3.36. The Morgan fingerprint density at radius 1 is 1.39 bits per heavy atom. The quantitative estimate of drug-likeness (QED) is 0.555. The average Bonchev–Trinajstić information content (AvgIpc) is 2.91. The van der Waals surface area contributed by atoms with Gasteiger partial charge in [-0.3, -0.25) is 14.7 Å². The lowest BCUT2D eigenvalue weighted by Gasteiger charge is -2.06. The van der Waals surface area contributed by atoms with Crippen molar-refractivity contribution in [2.45, 2.75) is 6.54 Å². The molecule has 3 aromatic rings. The summed E-state index contributed by atoms with van der Waals surface area (Å²) in [4.78, 5) is 28.0. The minimum atomic E-state index is -0.835. The summed E-state index contributed by atoms with van der Waals surface area (Å²) in [6.45, 7) is 0.0855. The number of nitrogens with two attached hydrogens (primary N) is 1. The average molecular weight is 317 g/mol. The van der Waals surface area contributed by atoms with Gasteiger partial charge >= 0.3 is 5.56 Å². The van der Waals surface area contributed by atoms with Crippen molar-refractivity contribution in [1.29, 1.82) is 0 Å². The molecular formula is C14H12FN5O3. The summed E-state index contributed by atoms with van der Waals surface area (Å²) in [5.41, 5.74) is 5.23. The van der Waals surface area contributed by atoms with Gasteiger partial charge in [0, 0.05) is 12.7 Å². The smallest absolute Gasteiger partial charge is 0.315 e. The predicted octanol–water partition coefficient (Wildman–Crippen LogP) is 0.379. The van der Waals surface area contributed by atoms with Crippen molar-refractivity contribution in [2.75, 3.05) is 5.73 Å². The fraction of sp³-hybridized carbons (Fsp3) is 0.0714. The second-order valence-electron chi connectivity index (χ2n) is 4.81. The Labute approximate surface area is 128 Å². The van der Waals surface area contributed by atoms with Crippen LogP contribution in [0.5, 0.6) is 5.75 Å². The molecule has 0 saturated heterocycles. The SMILES string of the molecule is Nc1c[nH]n2c(=O)c(O)c(C(=O)NCc3ccc(F)cc3)nc12. The van der Waals surface area contributed by atoms with Crippen LogP contribution in [0.3, 0.4) is 0 Å². The molecule has 0 aliphatic heterocycles. The van der Waals surface area contributed by atoms with E-state index in [4.69, 9.17) is 5.73 Å². The highest BCUT2D eigenvalue weighted by Crippen LogP contribution is 2.14. The molecule has 2 heterocycles. The zero-order valence-electron chi connectivity index (χ0n) is 11.7. The van der Waals surface area contributed by atoms with Crippen LogP contribution in [-0.2, 0) is 6.54 Å². The highest BCUT2D eigenvalue weighted by Gasteiger charge is 2.20. The van der Waals surface area contributed by atoms with Crippen LogP contribution in [0.4, 0.5) is 10.1 Å². The van der Waals surface area contributed by atoms with Gasteiger partial charge in [-0.25, -0.2) is 9.37 Å². The summed E-state index contributed by atoms with van der Waals surface area (Å²) in [7, 11) is 0. The first kappa shape index (κ1) is 14.6. The van der Waals surface area contributed by atoms with Crippen LogP contribution in [0.25, 0.3) is 5.65 Å². The molecule has 5 N–H and O–H groups in total. The molecule has 0 bridgehead atoms. The number of hydrogen-bond donors (Lipinski definition) is 4. The third kappa shape index (κ3) is 2.59. The number of nitrogen functional groups attached to an aromatic ring is 1. The van der Waals surface area contributed by atoms with Crippen molar-refractivity contribution >= 4 is 17.2 Å². The number of carbonyl (C=O) groups is 1. The van der Waals surface area contributed by atoms with Crippen molar-refractivity contribution in [3.8, 4) is 5.75 Å². The number of benzene rings is 1. The molecule has 23 heavy (non-hydrogen) atoms. The minimum Gasteiger partial charge on any atom is -0.501 e. The zero-order chi connectivity index (χ0) is 16.6. The molecule has 8 nitrogen and oxygen atoms in total. The molecule has 0 atom stereocenters. The van der Waals surface area contributed by atoms with E-state index in [1.54, 1.807) is 0 Å². The van der Waals surface area contributed by atoms with Gasteiger partial charge in [-0.05, 0) is 17.7 Å². The number of aromatic nitrogens is 3. The summed E-state index contributed by atoms with van der Waals surface area (Å²) in [5.74, 6) is -1.92. The number of rotatable bonds is 3. The van der Waals surface area contributed by atoms with Crippen LogP contribution in [0, 0.1) is 5.82 Å². The molecule has 2 aromatic heterocycles. The summed E-state index contributed by atoms with van der Waals surface area (Å²) in [6, 6.07) is 5.53. The number of aromatic hydroxyl groups is 1. The normalized spacial score (nSPS) is 10.8. The predicted molar refractivity (Wildman–Crippen MR) is 79.5 cm³/mol. The van der Waals surface area contributed by atoms with Gasteiger partial charge in [0.1, 0.15) is 5.82 Å². The lowest BCUT2D eigenvalue weighted by molar-refractivity contribution is 0.0942. The maximum atomic E-state index is 12.8. The Bertz CT molecular complexity index is 945. The standard InChI is InChI=1S/C14H12FN5O3/c15-8-3-1-7(2-4-8)5-17-13(22)10-11(21)14(23)20-12(19-10)9(16)6-18-20/h1-4,6,18,21H,5,16H2,(H,17,22). The van der Waals surface area contributed by atoms with E-state index in [0.717, 1.165) is 4.52 Å². The maximum Gasteiger partial charge on any atom is 0.315 e. The van der Waals surface area contributed by atoms with Gasteiger partial charge in [-0.1, -0.05) is 12.1 Å². The number of hydrogen-bond acceptors (Lipinski definition) is 5. The minimum absolute atomic E-state index is 0.0414. The van der Waals surface area contributed by atoms with Crippen LogP contribution < -0.4 is 16.6 Å². The molecule has 0 saturated carbocycles. The number of fused-ring (bicyclic) bond motifs is 1. The number of nitrogens with one attached hydrogen (secondary N) is 2. The van der Waals surface area contributed by atoms with Gasteiger partial charge in [0.05, 0.1) is 5.69 Å². The lowest BCUT2D eigenvalue weighted by Crippen LogP contribution is -2.27. The Morgan fingerprint density at radius 2 is 2.09 bits per heavy atom. The number of nitrogens with zero attached hydrogens (tertiary/aromatic N) is 2. The van der Waals surface area contributed by atoms with Gasteiger partial charge in [0.2, 0.25) is 5.75 Å². The fourth-order valence-corrected chi connectivity index (χ4v) is 2.05. The van der Waals surface area contributed by atoms with Gasteiger partial charge in [0.15, 0.2) is 11.3 Å². The third-order valence-corrected chi connectivity index (χ3v) is 3.25. The fourth-order valence-electron chi connectivity index (χ4n) is 2.05. The lowest BCUT2D eigenvalue weighted by atomic mass is 10.2. The maximum absolute atomic E-state index is 12.8. The molecule has 3 rings (SSSR count). The molecule has 1 aromatic carbocycles. The van der Waals surface area contributed by atoms with Gasteiger partial charge < -0.3 is 16.2 Å². The zero-order valence-corrected chi connectivity index (χ0v) is 11.7. The van der Waals surface area contributed by atoms with Crippen LogP contribution in [-0.4, -0.2) is 25.6 Å². The molecule has 0 aliphatic carbocycles. The van der Waals surface area contributed by atoms with E-state index in [1.165, 1.54) is 30.5 Å². The van der Waals surface area contributed by atoms with Crippen molar-refractivity contribution in [2.24, 2.45) is 0 Å². The number of halogens is 1. The monoisotopic (exact) mass is 317 g/mol. The van der Waals surface area contributed by atoms with E-state index < -0.39 is 22.9 Å². The Balaban J connectivity index is 1.88.